The molecule has 2 fully saturated rings. The molecule has 2 aliphatic rings. The van der Waals surface area contributed by atoms with Crippen molar-refractivity contribution in [3.8, 4) is 5.75 Å². The highest BCUT2D eigenvalue weighted by atomic mass is 19.4. The number of urea groups is 1. The molecule has 242 valence electrons. The molecule has 2 saturated heterocycles. The average molecular weight is 639 g/mol. The zero-order valence-electron chi connectivity index (χ0n) is 23.6. The molecule has 2 aromatic carbocycles. The van der Waals surface area contributed by atoms with Gasteiger partial charge in [-0.2, -0.15) is 26.3 Å². The summed E-state index contributed by atoms with van der Waals surface area (Å²) in [6, 6.07) is 2.61. The molecule has 0 bridgehead atoms. The first kappa shape index (κ1) is 33.2. The normalized spacial score (nSPS) is 18.8. The lowest BCUT2D eigenvalue weighted by Gasteiger charge is -2.29. The number of alkyl halides is 7. The van der Waals surface area contributed by atoms with E-state index in [2.05, 4.69) is 0 Å². The highest BCUT2D eigenvalue weighted by Gasteiger charge is 2.44. The molecule has 1 N–H and O–H groups in total. The molecule has 3 amide bonds. The van der Waals surface area contributed by atoms with E-state index < -0.39 is 77.7 Å². The molecule has 0 radical (unpaired) electrons. The number of anilines is 2. The lowest BCUT2D eigenvalue weighted by Crippen LogP contribution is -2.42. The van der Waals surface area contributed by atoms with E-state index in [1.807, 2.05) is 0 Å². The van der Waals surface area contributed by atoms with Crippen molar-refractivity contribution in [1.29, 1.82) is 0 Å². The van der Waals surface area contributed by atoms with Gasteiger partial charge in [-0.05, 0) is 56.7 Å². The first-order chi connectivity index (χ1) is 20.5. The van der Waals surface area contributed by atoms with E-state index in [0.29, 0.717) is 17.5 Å². The molecule has 4 rings (SSSR count). The Balaban J connectivity index is 1.70. The minimum Gasteiger partial charge on any atom is -0.407 e. The van der Waals surface area contributed by atoms with Gasteiger partial charge in [-0.3, -0.25) is 14.7 Å². The third-order valence-corrected chi connectivity index (χ3v) is 7.21. The fourth-order valence-electron chi connectivity index (χ4n) is 5.19. The second kappa shape index (κ2) is 12.8. The van der Waals surface area contributed by atoms with Crippen LogP contribution in [0, 0.1) is 5.82 Å². The van der Waals surface area contributed by atoms with E-state index in [4.69, 9.17) is 4.74 Å². The molecule has 2 heterocycles. The van der Waals surface area contributed by atoms with Crippen molar-refractivity contribution in [2.45, 2.75) is 50.9 Å². The quantitative estimate of drug-likeness (QED) is 0.364. The van der Waals surface area contributed by atoms with Crippen LogP contribution in [0.4, 0.5) is 56.1 Å². The maximum atomic E-state index is 14.2. The zero-order valence-corrected chi connectivity index (χ0v) is 23.6. The van der Waals surface area contributed by atoms with Crippen molar-refractivity contribution >= 4 is 23.5 Å². The van der Waals surface area contributed by atoms with E-state index >= 15 is 0 Å². The molecule has 2 aromatic rings. The number of aliphatic hydroxyl groups excluding tert-OH is 1. The number of likely N-dealkylation sites (tertiary alicyclic amines) is 1. The third-order valence-electron chi connectivity index (χ3n) is 7.21. The number of hydrogen-bond donors (Lipinski definition) is 1. The predicted molar refractivity (Wildman–Crippen MR) is 143 cm³/mol. The smallest absolute Gasteiger partial charge is 0.407 e. The fourth-order valence-corrected chi connectivity index (χ4v) is 5.19. The van der Waals surface area contributed by atoms with Gasteiger partial charge in [0.1, 0.15) is 17.6 Å². The van der Waals surface area contributed by atoms with Gasteiger partial charge in [0.05, 0.1) is 17.4 Å². The molecule has 0 spiro atoms. The van der Waals surface area contributed by atoms with Crippen LogP contribution in [0.15, 0.2) is 36.4 Å². The number of carbonyl (C=O) groups excluding carboxylic acids is 2. The summed E-state index contributed by atoms with van der Waals surface area (Å²) in [5, 5.41) is 10.5. The van der Waals surface area contributed by atoms with Crippen molar-refractivity contribution < 1.29 is 54.6 Å². The van der Waals surface area contributed by atoms with Crippen LogP contribution in [0.3, 0.4) is 0 Å². The Morgan fingerprint density at radius 1 is 1.02 bits per heavy atom. The van der Waals surface area contributed by atoms with E-state index in [1.54, 1.807) is 4.90 Å². The Morgan fingerprint density at radius 2 is 1.68 bits per heavy atom. The molecular weight excluding hydrogens is 608 g/mol. The monoisotopic (exact) mass is 638 g/mol. The Hall–Kier alpha value is -3.66. The molecule has 44 heavy (non-hydrogen) atoms. The standard InChI is InChI=1S/C28H30F8N4O4/c1-16(2)40(20-5-3-18(29)4-6-20)26(43)44-24-22(28(34,35)36)11-17(27(31,32)33)12-23(24)39-10-9-38(25(39)42)15-21(41)14-37-8-7-19(30)13-37/h3-6,11-12,16,19,21,41H,7-10,13-15H2,1-2H3. The molecule has 2 unspecified atom stereocenters. The Kier molecular flexibility index (Phi) is 9.63. The van der Waals surface area contributed by atoms with Gasteiger partial charge in [-0.1, -0.05) is 0 Å². The summed E-state index contributed by atoms with van der Waals surface area (Å²) in [6.07, 6.45) is -14.1. The lowest BCUT2D eigenvalue weighted by molar-refractivity contribution is -0.143. The van der Waals surface area contributed by atoms with Gasteiger partial charge >= 0.3 is 24.5 Å². The summed E-state index contributed by atoms with van der Waals surface area (Å²) in [5.74, 6) is -1.99. The van der Waals surface area contributed by atoms with E-state index in [0.717, 1.165) is 34.1 Å². The third kappa shape index (κ3) is 7.52. The summed E-state index contributed by atoms with van der Waals surface area (Å²) in [6.45, 7) is 2.53. The molecule has 0 aliphatic carbocycles. The molecule has 2 aliphatic heterocycles. The molecule has 16 heteroatoms. The summed E-state index contributed by atoms with van der Waals surface area (Å²) in [7, 11) is 0. The van der Waals surface area contributed by atoms with Crippen LogP contribution in [-0.2, 0) is 12.4 Å². The van der Waals surface area contributed by atoms with E-state index in [-0.39, 0.29) is 44.4 Å². The minimum atomic E-state index is -5.45. The fraction of sp³-hybridized carbons (Fsp3) is 0.500. The Labute approximate surface area is 247 Å². The second-order valence-electron chi connectivity index (χ2n) is 10.9. The molecule has 0 aromatic heterocycles. The number of aliphatic hydroxyl groups is 1. The van der Waals surface area contributed by atoms with Gasteiger partial charge in [0.2, 0.25) is 0 Å². The number of benzene rings is 2. The predicted octanol–water partition coefficient (Wildman–Crippen LogP) is 5.92. The van der Waals surface area contributed by atoms with Gasteiger partial charge in [0, 0.05) is 51.0 Å². The van der Waals surface area contributed by atoms with Crippen molar-refractivity contribution in [3.05, 3.63) is 53.3 Å². The highest BCUT2D eigenvalue weighted by Crippen LogP contribution is 2.47. The van der Waals surface area contributed by atoms with Crippen molar-refractivity contribution in [2.75, 3.05) is 49.1 Å². The Morgan fingerprint density at radius 3 is 2.23 bits per heavy atom. The Bertz CT molecular complexity index is 1350. The van der Waals surface area contributed by atoms with Crippen LogP contribution < -0.4 is 14.5 Å². The maximum Gasteiger partial charge on any atom is 0.420 e. The summed E-state index contributed by atoms with van der Waals surface area (Å²) >= 11 is 0. The summed E-state index contributed by atoms with van der Waals surface area (Å²) in [5.41, 5.74) is -4.60. The molecule has 0 saturated carbocycles. The van der Waals surface area contributed by atoms with Crippen LogP contribution >= 0.6 is 0 Å². The topological polar surface area (TPSA) is 76.6 Å². The highest BCUT2D eigenvalue weighted by molar-refractivity contribution is 5.98. The van der Waals surface area contributed by atoms with Gasteiger partial charge in [0.25, 0.3) is 0 Å². The van der Waals surface area contributed by atoms with Crippen molar-refractivity contribution in [1.82, 2.24) is 9.80 Å². The number of nitrogens with zero attached hydrogens (tertiary/aromatic N) is 4. The summed E-state index contributed by atoms with van der Waals surface area (Å²) < 4.78 is 116. The SMILES string of the molecule is CC(C)N(C(=O)Oc1c(N2CCN(CC(O)CN3CCC(F)C3)C2=O)cc(C(F)(F)F)cc1C(F)(F)F)c1ccc(F)cc1. The largest absolute Gasteiger partial charge is 0.420 e. The van der Waals surface area contributed by atoms with Crippen LogP contribution in [0.5, 0.6) is 5.75 Å². The lowest BCUT2D eigenvalue weighted by atomic mass is 10.1. The molecule has 8 nitrogen and oxygen atoms in total. The maximum absolute atomic E-state index is 14.2. The minimum absolute atomic E-state index is 0.00324. The van der Waals surface area contributed by atoms with Crippen molar-refractivity contribution in [3.63, 3.8) is 0 Å². The van der Waals surface area contributed by atoms with Crippen LogP contribution in [-0.4, -0.2) is 84.6 Å². The number of amides is 3. The second-order valence-corrected chi connectivity index (χ2v) is 10.9. The summed E-state index contributed by atoms with van der Waals surface area (Å²) in [4.78, 5) is 30.7. The van der Waals surface area contributed by atoms with Gasteiger partial charge in [-0.15, -0.1) is 0 Å². The van der Waals surface area contributed by atoms with E-state index in [9.17, 15) is 49.8 Å². The molecule has 2 atom stereocenters. The number of ether oxygens (including phenoxy) is 1. The van der Waals surface area contributed by atoms with Gasteiger partial charge in [-0.25, -0.2) is 18.4 Å². The first-order valence-corrected chi connectivity index (χ1v) is 13.7. The number of carbonyl (C=O) groups is 2. The van der Waals surface area contributed by atoms with Crippen LogP contribution in [0.2, 0.25) is 0 Å². The van der Waals surface area contributed by atoms with Gasteiger partial charge in [0.15, 0.2) is 5.75 Å². The van der Waals surface area contributed by atoms with E-state index in [1.165, 1.54) is 13.8 Å². The van der Waals surface area contributed by atoms with Crippen molar-refractivity contribution in [2.24, 2.45) is 0 Å². The van der Waals surface area contributed by atoms with Crippen LogP contribution in [0.1, 0.15) is 31.4 Å². The zero-order chi connectivity index (χ0) is 32.6. The first-order valence-electron chi connectivity index (χ1n) is 13.7. The number of halogens is 8. The number of hydrogen-bond acceptors (Lipinski definition) is 5. The number of rotatable bonds is 8. The number of β-amino-alcohol motifs (C(OH)–C–C–N with tert-alkyl or cyclic N) is 1. The van der Waals surface area contributed by atoms with Crippen LogP contribution in [0.25, 0.3) is 0 Å². The molecular formula is C28H30F8N4O4. The average Bonchev–Trinajstić information content (AvgIpc) is 3.48. The van der Waals surface area contributed by atoms with Gasteiger partial charge < -0.3 is 14.7 Å².